The average molecular weight is 315 g/mol. The van der Waals surface area contributed by atoms with E-state index in [0.717, 1.165) is 22.3 Å². The van der Waals surface area contributed by atoms with Gasteiger partial charge in [0, 0.05) is 6.04 Å². The second-order valence-electron chi connectivity index (χ2n) is 5.61. The fourth-order valence-electron chi connectivity index (χ4n) is 2.50. The van der Waals surface area contributed by atoms with Crippen LogP contribution in [0, 0.1) is 12.7 Å². The van der Waals surface area contributed by atoms with Crippen LogP contribution in [0.3, 0.4) is 0 Å². The van der Waals surface area contributed by atoms with Crippen molar-refractivity contribution in [1.29, 1.82) is 0 Å². The summed E-state index contributed by atoms with van der Waals surface area (Å²) in [6.07, 6.45) is 0.778. The van der Waals surface area contributed by atoms with E-state index in [4.69, 9.17) is 10.5 Å². The minimum absolute atomic E-state index is 0.149. The van der Waals surface area contributed by atoms with Gasteiger partial charge in [-0.25, -0.2) is 4.39 Å². The SMILES string of the molecule is CCOC(=O)C[C@H](N)c1cccc(Cc2cc(F)ccc2C)c1. The Labute approximate surface area is 136 Å². The molecule has 4 heteroatoms. The number of rotatable bonds is 6. The van der Waals surface area contributed by atoms with Gasteiger partial charge in [-0.15, -0.1) is 0 Å². The van der Waals surface area contributed by atoms with Crippen LogP contribution in [-0.4, -0.2) is 12.6 Å². The Kier molecular flexibility index (Phi) is 5.88. The highest BCUT2D eigenvalue weighted by atomic mass is 19.1. The fourth-order valence-corrected chi connectivity index (χ4v) is 2.50. The van der Waals surface area contributed by atoms with Gasteiger partial charge in [-0.3, -0.25) is 4.79 Å². The molecule has 0 bridgehead atoms. The van der Waals surface area contributed by atoms with Gasteiger partial charge in [-0.1, -0.05) is 30.3 Å². The van der Waals surface area contributed by atoms with Gasteiger partial charge in [0.2, 0.25) is 0 Å². The lowest BCUT2D eigenvalue weighted by Crippen LogP contribution is -2.17. The van der Waals surface area contributed by atoms with E-state index >= 15 is 0 Å². The molecule has 0 saturated heterocycles. The lowest BCUT2D eigenvalue weighted by atomic mass is 9.96. The van der Waals surface area contributed by atoms with Crippen LogP contribution in [0.15, 0.2) is 42.5 Å². The summed E-state index contributed by atoms with van der Waals surface area (Å²) in [7, 11) is 0. The molecule has 3 nitrogen and oxygen atoms in total. The van der Waals surface area contributed by atoms with E-state index in [1.165, 1.54) is 6.07 Å². The molecule has 0 aliphatic rings. The van der Waals surface area contributed by atoms with Gasteiger partial charge in [0.1, 0.15) is 5.82 Å². The molecule has 2 aromatic carbocycles. The van der Waals surface area contributed by atoms with E-state index in [1.54, 1.807) is 19.1 Å². The first-order chi connectivity index (χ1) is 11.0. The third-order valence-corrected chi connectivity index (χ3v) is 3.78. The molecule has 0 fully saturated rings. The number of benzene rings is 2. The second kappa shape index (κ2) is 7.88. The number of carbonyl (C=O) groups excluding carboxylic acids is 1. The number of ether oxygens (including phenoxy) is 1. The molecule has 122 valence electrons. The van der Waals surface area contributed by atoms with E-state index in [-0.39, 0.29) is 18.2 Å². The first kappa shape index (κ1) is 17.2. The van der Waals surface area contributed by atoms with Crippen molar-refractivity contribution >= 4 is 5.97 Å². The molecular weight excluding hydrogens is 293 g/mol. The third kappa shape index (κ3) is 4.89. The van der Waals surface area contributed by atoms with Gasteiger partial charge in [-0.05, 0) is 54.7 Å². The number of hydrogen-bond acceptors (Lipinski definition) is 3. The maximum Gasteiger partial charge on any atom is 0.307 e. The zero-order valence-electron chi connectivity index (χ0n) is 13.5. The number of carbonyl (C=O) groups is 1. The Morgan fingerprint density at radius 1 is 1.26 bits per heavy atom. The molecule has 0 heterocycles. The van der Waals surface area contributed by atoms with Crippen LogP contribution < -0.4 is 5.73 Å². The summed E-state index contributed by atoms with van der Waals surface area (Å²) in [5.74, 6) is -0.535. The summed E-state index contributed by atoms with van der Waals surface area (Å²) in [5, 5.41) is 0. The molecule has 0 amide bonds. The second-order valence-corrected chi connectivity index (χ2v) is 5.61. The minimum Gasteiger partial charge on any atom is -0.466 e. The van der Waals surface area contributed by atoms with Crippen molar-refractivity contribution in [2.45, 2.75) is 32.7 Å². The first-order valence-electron chi connectivity index (χ1n) is 7.74. The number of hydrogen-bond donors (Lipinski definition) is 1. The predicted octanol–water partition coefficient (Wildman–Crippen LogP) is 3.68. The summed E-state index contributed by atoms with van der Waals surface area (Å²) >= 11 is 0. The van der Waals surface area contributed by atoms with Crippen LogP contribution in [-0.2, 0) is 16.0 Å². The van der Waals surface area contributed by atoms with Crippen molar-refractivity contribution in [2.75, 3.05) is 6.61 Å². The van der Waals surface area contributed by atoms with Crippen molar-refractivity contribution < 1.29 is 13.9 Å². The van der Waals surface area contributed by atoms with Crippen molar-refractivity contribution in [3.63, 3.8) is 0 Å². The standard InChI is InChI=1S/C19H22FNO2/c1-3-23-19(22)12-18(21)15-6-4-5-14(9-15)10-16-11-17(20)8-7-13(16)2/h4-9,11,18H,3,10,12,21H2,1-2H3/t18-/m0/s1. The summed E-state index contributed by atoms with van der Waals surface area (Å²) in [4.78, 5) is 11.5. The highest BCUT2D eigenvalue weighted by Crippen LogP contribution is 2.20. The molecule has 0 unspecified atom stereocenters. The van der Waals surface area contributed by atoms with Gasteiger partial charge < -0.3 is 10.5 Å². The van der Waals surface area contributed by atoms with Crippen molar-refractivity contribution in [3.8, 4) is 0 Å². The van der Waals surface area contributed by atoms with Crippen molar-refractivity contribution in [3.05, 3.63) is 70.5 Å². The molecule has 0 aliphatic heterocycles. The van der Waals surface area contributed by atoms with E-state index in [0.29, 0.717) is 13.0 Å². The Morgan fingerprint density at radius 3 is 2.78 bits per heavy atom. The van der Waals surface area contributed by atoms with Gasteiger partial charge in [0.15, 0.2) is 0 Å². The molecule has 0 spiro atoms. The zero-order chi connectivity index (χ0) is 16.8. The van der Waals surface area contributed by atoms with Gasteiger partial charge >= 0.3 is 5.97 Å². The van der Waals surface area contributed by atoms with E-state index in [1.807, 2.05) is 31.2 Å². The van der Waals surface area contributed by atoms with Crippen molar-refractivity contribution in [1.82, 2.24) is 0 Å². The topological polar surface area (TPSA) is 52.3 Å². The van der Waals surface area contributed by atoms with E-state index < -0.39 is 6.04 Å². The van der Waals surface area contributed by atoms with Crippen LogP contribution in [0.2, 0.25) is 0 Å². The van der Waals surface area contributed by atoms with Gasteiger partial charge in [-0.2, -0.15) is 0 Å². The van der Waals surface area contributed by atoms with Crippen LogP contribution in [0.4, 0.5) is 4.39 Å². The molecular formula is C19H22FNO2. The maximum absolute atomic E-state index is 13.4. The molecule has 2 aromatic rings. The summed E-state index contributed by atoms with van der Waals surface area (Å²) in [5.41, 5.74) is 9.99. The zero-order valence-corrected chi connectivity index (χ0v) is 13.5. The number of aryl methyl sites for hydroxylation is 1. The molecule has 0 aromatic heterocycles. The Balaban J connectivity index is 2.13. The molecule has 2 rings (SSSR count). The third-order valence-electron chi connectivity index (χ3n) is 3.78. The van der Waals surface area contributed by atoms with Gasteiger partial charge in [0.25, 0.3) is 0 Å². The lowest BCUT2D eigenvalue weighted by molar-refractivity contribution is -0.143. The van der Waals surface area contributed by atoms with Crippen LogP contribution in [0.25, 0.3) is 0 Å². The Morgan fingerprint density at radius 2 is 2.04 bits per heavy atom. The van der Waals surface area contributed by atoms with Crippen LogP contribution >= 0.6 is 0 Å². The smallest absolute Gasteiger partial charge is 0.307 e. The van der Waals surface area contributed by atoms with Gasteiger partial charge in [0.05, 0.1) is 13.0 Å². The molecule has 0 saturated carbocycles. The number of nitrogens with two attached hydrogens (primary N) is 1. The molecule has 1 atom stereocenters. The van der Waals surface area contributed by atoms with E-state index in [2.05, 4.69) is 0 Å². The summed E-state index contributed by atoms with van der Waals surface area (Å²) in [6.45, 7) is 4.08. The Hall–Kier alpha value is -2.20. The summed E-state index contributed by atoms with van der Waals surface area (Å²) < 4.78 is 18.3. The maximum atomic E-state index is 13.4. The molecule has 0 radical (unpaired) electrons. The summed E-state index contributed by atoms with van der Waals surface area (Å²) in [6, 6.07) is 12.1. The largest absolute Gasteiger partial charge is 0.466 e. The van der Waals surface area contributed by atoms with Crippen molar-refractivity contribution in [2.24, 2.45) is 5.73 Å². The first-order valence-corrected chi connectivity index (χ1v) is 7.74. The lowest BCUT2D eigenvalue weighted by Gasteiger charge is -2.13. The Bertz CT molecular complexity index is 685. The predicted molar refractivity (Wildman–Crippen MR) is 88.6 cm³/mol. The minimum atomic E-state index is -0.400. The van der Waals surface area contributed by atoms with Crippen LogP contribution in [0.1, 0.15) is 41.6 Å². The quantitative estimate of drug-likeness (QED) is 0.827. The average Bonchev–Trinajstić information content (AvgIpc) is 2.51. The number of halogens is 1. The molecule has 0 aliphatic carbocycles. The fraction of sp³-hybridized carbons (Fsp3) is 0.316. The normalized spacial score (nSPS) is 12.0. The number of esters is 1. The highest BCUT2D eigenvalue weighted by Gasteiger charge is 2.13. The van der Waals surface area contributed by atoms with Crippen LogP contribution in [0.5, 0.6) is 0 Å². The highest BCUT2D eigenvalue weighted by molar-refractivity contribution is 5.70. The van der Waals surface area contributed by atoms with E-state index in [9.17, 15) is 9.18 Å². The monoisotopic (exact) mass is 315 g/mol. The molecule has 23 heavy (non-hydrogen) atoms. The molecule has 2 N–H and O–H groups in total.